The van der Waals surface area contributed by atoms with E-state index < -0.39 is 24.3 Å². The number of aromatic nitrogens is 2. The zero-order chi connectivity index (χ0) is 14.6. The predicted molar refractivity (Wildman–Crippen MR) is 70.6 cm³/mol. The van der Waals surface area contributed by atoms with E-state index in [1.807, 2.05) is 27.7 Å². The lowest BCUT2D eigenvalue weighted by Crippen LogP contribution is -2.41. The van der Waals surface area contributed by atoms with Gasteiger partial charge in [0.1, 0.15) is 0 Å². The average Bonchev–Trinajstić information content (AvgIpc) is 2.63. The number of aromatic carboxylic acids is 1. The van der Waals surface area contributed by atoms with Crippen molar-refractivity contribution < 1.29 is 19.2 Å². The van der Waals surface area contributed by atoms with Crippen LogP contribution >= 0.6 is 0 Å². The molecule has 0 radical (unpaired) electrons. The Hall–Kier alpha value is -1.34. The highest BCUT2D eigenvalue weighted by atomic mass is 16.7. The van der Waals surface area contributed by atoms with Crippen LogP contribution in [0.15, 0.2) is 0 Å². The van der Waals surface area contributed by atoms with Crippen LogP contribution in [0.3, 0.4) is 0 Å². The summed E-state index contributed by atoms with van der Waals surface area (Å²) in [4.78, 5) is 11.3. The topological polar surface area (TPSA) is 73.6 Å². The Morgan fingerprint density at radius 3 is 2.16 bits per heavy atom. The minimum absolute atomic E-state index is 0.0153. The van der Waals surface area contributed by atoms with Crippen LogP contribution in [0.5, 0.6) is 0 Å². The van der Waals surface area contributed by atoms with E-state index in [4.69, 9.17) is 9.31 Å². The van der Waals surface area contributed by atoms with Crippen molar-refractivity contribution in [3.8, 4) is 0 Å². The second kappa shape index (κ2) is 4.08. The van der Waals surface area contributed by atoms with Gasteiger partial charge in [0.15, 0.2) is 5.69 Å². The van der Waals surface area contributed by atoms with Gasteiger partial charge in [-0.3, -0.25) is 4.68 Å². The Morgan fingerprint density at radius 2 is 1.74 bits per heavy atom. The number of aryl methyl sites for hydroxylation is 1. The molecule has 1 aliphatic rings. The number of nitrogens with zero attached hydrogens (tertiary/aromatic N) is 2. The molecule has 0 spiro atoms. The lowest BCUT2D eigenvalue weighted by Gasteiger charge is -2.32. The van der Waals surface area contributed by atoms with Crippen LogP contribution in [-0.4, -0.2) is 39.2 Å². The first-order chi connectivity index (χ1) is 8.57. The maximum absolute atomic E-state index is 11.3. The van der Waals surface area contributed by atoms with Gasteiger partial charge in [-0.2, -0.15) is 5.10 Å². The van der Waals surface area contributed by atoms with Crippen molar-refractivity contribution in [1.82, 2.24) is 9.78 Å². The molecule has 1 saturated heterocycles. The molecule has 1 fully saturated rings. The highest BCUT2D eigenvalue weighted by Crippen LogP contribution is 2.36. The third-order valence-electron chi connectivity index (χ3n) is 4.07. The van der Waals surface area contributed by atoms with E-state index in [0.29, 0.717) is 5.46 Å². The first-order valence-electron chi connectivity index (χ1n) is 6.19. The minimum atomic E-state index is -1.08. The second-order valence-electron chi connectivity index (χ2n) is 5.86. The first-order valence-corrected chi connectivity index (χ1v) is 6.19. The summed E-state index contributed by atoms with van der Waals surface area (Å²) in [5, 5.41) is 13.2. The number of carbonyl (C=O) groups is 1. The van der Waals surface area contributed by atoms with E-state index in [-0.39, 0.29) is 5.69 Å². The van der Waals surface area contributed by atoms with Crippen molar-refractivity contribution in [2.24, 2.45) is 7.05 Å². The van der Waals surface area contributed by atoms with Crippen LogP contribution in [0, 0.1) is 6.92 Å². The summed E-state index contributed by atoms with van der Waals surface area (Å²) in [5.41, 5.74) is 0.203. The van der Waals surface area contributed by atoms with Crippen molar-refractivity contribution in [2.75, 3.05) is 0 Å². The molecular weight excluding hydrogens is 247 g/mol. The third kappa shape index (κ3) is 2.06. The van der Waals surface area contributed by atoms with Gasteiger partial charge < -0.3 is 14.4 Å². The molecule has 1 aromatic heterocycles. The highest BCUT2D eigenvalue weighted by Gasteiger charge is 2.53. The molecule has 0 atom stereocenters. The van der Waals surface area contributed by atoms with Crippen molar-refractivity contribution >= 4 is 18.6 Å². The lowest BCUT2D eigenvalue weighted by atomic mass is 9.77. The summed E-state index contributed by atoms with van der Waals surface area (Å²) < 4.78 is 13.3. The van der Waals surface area contributed by atoms with Crippen molar-refractivity contribution in [3.63, 3.8) is 0 Å². The van der Waals surface area contributed by atoms with Gasteiger partial charge in [-0.1, -0.05) is 0 Å². The fourth-order valence-corrected chi connectivity index (χ4v) is 2.03. The third-order valence-corrected chi connectivity index (χ3v) is 4.07. The molecule has 0 bridgehead atoms. The van der Waals surface area contributed by atoms with Crippen LogP contribution in [0.4, 0.5) is 0 Å². The number of hydrogen-bond acceptors (Lipinski definition) is 4. The van der Waals surface area contributed by atoms with Gasteiger partial charge >= 0.3 is 13.1 Å². The molecule has 0 amide bonds. The number of rotatable bonds is 2. The fraction of sp³-hybridized carbons (Fsp3) is 0.667. The number of carboxylic acid groups (broad SMARTS) is 1. The Morgan fingerprint density at radius 1 is 1.26 bits per heavy atom. The van der Waals surface area contributed by atoms with Crippen LogP contribution in [0.1, 0.15) is 43.9 Å². The molecule has 19 heavy (non-hydrogen) atoms. The summed E-state index contributed by atoms with van der Waals surface area (Å²) in [6.07, 6.45) is 0. The number of carboxylic acids is 1. The van der Waals surface area contributed by atoms with Crippen molar-refractivity contribution in [1.29, 1.82) is 0 Å². The zero-order valence-corrected chi connectivity index (χ0v) is 12.1. The summed E-state index contributed by atoms with van der Waals surface area (Å²) in [6.45, 7) is 9.52. The normalized spacial score (nSPS) is 20.8. The smallest absolute Gasteiger partial charge is 0.476 e. The molecule has 0 aromatic carbocycles. The van der Waals surface area contributed by atoms with Gasteiger partial charge in [0.2, 0.25) is 0 Å². The maximum atomic E-state index is 11.3. The monoisotopic (exact) mass is 266 g/mol. The zero-order valence-electron chi connectivity index (χ0n) is 12.1. The molecule has 0 saturated carbocycles. The van der Waals surface area contributed by atoms with Gasteiger partial charge in [-0.05, 0) is 34.6 Å². The molecule has 7 heteroatoms. The molecule has 1 N–H and O–H groups in total. The van der Waals surface area contributed by atoms with E-state index >= 15 is 0 Å². The molecular formula is C12H19BN2O4. The van der Waals surface area contributed by atoms with Gasteiger partial charge in [-0.15, -0.1) is 0 Å². The molecule has 0 unspecified atom stereocenters. The number of hydrogen-bond donors (Lipinski definition) is 1. The van der Waals surface area contributed by atoms with E-state index in [2.05, 4.69) is 5.10 Å². The molecule has 104 valence electrons. The summed E-state index contributed by atoms with van der Waals surface area (Å²) in [5.74, 6) is -1.08. The largest absolute Gasteiger partial charge is 0.499 e. The van der Waals surface area contributed by atoms with E-state index in [1.165, 1.54) is 4.68 Å². The minimum Gasteiger partial charge on any atom is -0.476 e. The Kier molecular flexibility index (Phi) is 3.02. The Bertz CT molecular complexity index is 520. The van der Waals surface area contributed by atoms with Crippen LogP contribution in [-0.2, 0) is 16.4 Å². The molecule has 2 heterocycles. The molecule has 0 aliphatic carbocycles. The maximum Gasteiger partial charge on any atom is 0.499 e. The van der Waals surface area contributed by atoms with Gasteiger partial charge in [0.25, 0.3) is 0 Å². The van der Waals surface area contributed by atoms with Crippen LogP contribution < -0.4 is 5.46 Å². The van der Waals surface area contributed by atoms with E-state index in [1.54, 1.807) is 14.0 Å². The van der Waals surface area contributed by atoms with E-state index in [0.717, 1.165) is 5.69 Å². The quantitative estimate of drug-likeness (QED) is 0.798. The Labute approximate surface area is 112 Å². The van der Waals surface area contributed by atoms with Gasteiger partial charge in [0, 0.05) is 18.2 Å². The molecule has 2 rings (SSSR count). The van der Waals surface area contributed by atoms with Crippen LogP contribution in [0.25, 0.3) is 0 Å². The lowest BCUT2D eigenvalue weighted by molar-refractivity contribution is 0.00578. The Balaban J connectivity index is 2.48. The van der Waals surface area contributed by atoms with Gasteiger partial charge in [-0.25, -0.2) is 4.79 Å². The highest BCUT2D eigenvalue weighted by molar-refractivity contribution is 6.64. The van der Waals surface area contributed by atoms with Crippen molar-refractivity contribution in [2.45, 2.75) is 45.8 Å². The standard InChI is InChI=1S/C12H19BN2O4/c1-7-8(9(10(16)17)14-15(7)6)13-18-11(2,3)12(4,5)19-13/h1-6H3,(H,16,17). The predicted octanol–water partition coefficient (Wildman–Crippen LogP) is 0.726. The summed E-state index contributed by atoms with van der Waals surface area (Å²) in [7, 11) is 1.00. The van der Waals surface area contributed by atoms with Crippen molar-refractivity contribution in [3.05, 3.63) is 11.4 Å². The van der Waals surface area contributed by atoms with Crippen LogP contribution in [0.2, 0.25) is 0 Å². The molecule has 6 nitrogen and oxygen atoms in total. The van der Waals surface area contributed by atoms with E-state index in [9.17, 15) is 9.90 Å². The SMILES string of the molecule is Cc1c(B2OC(C)(C)C(C)(C)O2)c(C(=O)O)nn1C. The summed E-state index contributed by atoms with van der Waals surface area (Å²) >= 11 is 0. The second-order valence-corrected chi connectivity index (χ2v) is 5.86. The molecule has 1 aliphatic heterocycles. The fourth-order valence-electron chi connectivity index (χ4n) is 2.03. The van der Waals surface area contributed by atoms with Gasteiger partial charge in [0.05, 0.1) is 11.2 Å². The molecule has 1 aromatic rings. The summed E-state index contributed by atoms with van der Waals surface area (Å²) in [6, 6.07) is 0. The first kappa shape index (κ1) is 14.1. The average molecular weight is 266 g/mol.